The molecule has 0 bridgehead atoms. The fourth-order valence-corrected chi connectivity index (χ4v) is 0.728. The number of nitrogens with zero attached hydrogens (tertiary/aromatic N) is 2. The molecule has 0 N–H and O–H groups in total. The van der Waals surface area contributed by atoms with Crippen LogP contribution in [0, 0.1) is 0 Å². The van der Waals surface area contributed by atoms with Gasteiger partial charge in [-0.1, -0.05) is 0 Å². The van der Waals surface area contributed by atoms with Crippen LogP contribution in [0.3, 0.4) is 0 Å². The van der Waals surface area contributed by atoms with Crippen molar-refractivity contribution in [2.24, 2.45) is 4.99 Å². The average molecular weight is 233 g/mol. The Labute approximate surface area is 67.8 Å². The molecule has 0 fully saturated rings. The van der Waals surface area contributed by atoms with Gasteiger partial charge in [0.1, 0.15) is 6.20 Å². The Morgan fingerprint density at radius 1 is 1.78 bits per heavy atom. The van der Waals surface area contributed by atoms with Crippen molar-refractivity contribution in [1.29, 1.82) is 0 Å². The van der Waals surface area contributed by atoms with Gasteiger partial charge in [0.15, 0.2) is 11.9 Å². The van der Waals surface area contributed by atoms with Crippen LogP contribution >= 0.6 is 22.9 Å². The highest BCUT2D eigenvalue weighted by Crippen LogP contribution is 1.94. The third-order valence-electron chi connectivity index (χ3n) is 0.957. The molecule has 2 nitrogen and oxygen atoms in total. The van der Waals surface area contributed by atoms with Crippen LogP contribution in [0.1, 0.15) is 6.92 Å². The van der Waals surface area contributed by atoms with Crippen LogP contribution in [-0.4, -0.2) is 14.4 Å². The second-order valence-electron chi connectivity index (χ2n) is 1.65. The van der Waals surface area contributed by atoms with Gasteiger partial charge in [-0.25, -0.2) is 4.99 Å². The van der Waals surface area contributed by atoms with Crippen molar-refractivity contribution in [3.05, 3.63) is 18.5 Å². The van der Waals surface area contributed by atoms with Crippen molar-refractivity contribution < 1.29 is 2.79 Å². The fourth-order valence-electron chi connectivity index (χ4n) is 0.445. The number of hydrogen-bond acceptors (Lipinski definition) is 1. The van der Waals surface area contributed by atoms with Crippen molar-refractivity contribution in [2.45, 2.75) is 6.92 Å². The summed E-state index contributed by atoms with van der Waals surface area (Å²) in [4.78, 5) is 3.82. The van der Waals surface area contributed by atoms with Gasteiger partial charge >= 0.3 is 22.9 Å². The molecule has 0 aromatic rings. The van der Waals surface area contributed by atoms with Gasteiger partial charge < -0.3 is 0 Å². The minimum absolute atomic E-state index is 1.13. The van der Waals surface area contributed by atoms with E-state index in [-0.39, 0.29) is 0 Å². The Balaban J connectivity index is 3.06. The van der Waals surface area contributed by atoms with Crippen LogP contribution in [0.25, 0.3) is 0 Å². The SMILES string of the molecule is CC1=[N+](I)C=CN=C=C1. The van der Waals surface area contributed by atoms with Crippen molar-refractivity contribution in [2.75, 3.05) is 0 Å². The third-order valence-corrected chi connectivity index (χ3v) is 2.04. The van der Waals surface area contributed by atoms with E-state index in [4.69, 9.17) is 0 Å². The highest BCUT2D eigenvalue weighted by Gasteiger charge is 1.99. The Bertz CT molecular complexity index is 231. The molecular weight excluding hydrogens is 227 g/mol. The van der Waals surface area contributed by atoms with Gasteiger partial charge in [0, 0.05) is 6.92 Å². The van der Waals surface area contributed by atoms with E-state index in [1.807, 2.05) is 22.0 Å². The van der Waals surface area contributed by atoms with E-state index in [2.05, 4.69) is 33.7 Å². The van der Waals surface area contributed by atoms with Gasteiger partial charge in [0.05, 0.1) is 6.08 Å². The smallest absolute Gasteiger partial charge is 0.208 e. The summed E-state index contributed by atoms with van der Waals surface area (Å²) in [6, 6.07) is 0. The summed E-state index contributed by atoms with van der Waals surface area (Å²) in [6.45, 7) is 2.00. The number of rotatable bonds is 0. The largest absolute Gasteiger partial charge is 0.354 e. The van der Waals surface area contributed by atoms with E-state index in [1.165, 1.54) is 0 Å². The fraction of sp³-hybridized carbons (Fsp3) is 0.167. The minimum Gasteiger partial charge on any atom is -0.208 e. The van der Waals surface area contributed by atoms with Crippen LogP contribution in [0.15, 0.2) is 23.5 Å². The minimum atomic E-state index is 1.13. The summed E-state index contributed by atoms with van der Waals surface area (Å²) in [5.41, 5.74) is 1.13. The quantitative estimate of drug-likeness (QED) is 0.445. The molecule has 0 aromatic carbocycles. The molecule has 9 heavy (non-hydrogen) atoms. The number of allylic oxidation sites excluding steroid dienone is 1. The van der Waals surface area contributed by atoms with Crippen LogP contribution in [-0.2, 0) is 0 Å². The van der Waals surface area contributed by atoms with Gasteiger partial charge in [0.2, 0.25) is 0 Å². The molecule has 1 aliphatic rings. The Kier molecular flexibility index (Phi) is 2.19. The summed E-state index contributed by atoms with van der Waals surface area (Å²) in [5.74, 6) is 2.76. The topological polar surface area (TPSA) is 15.4 Å². The molecule has 0 aliphatic carbocycles. The molecule has 1 aliphatic heterocycles. The van der Waals surface area contributed by atoms with Crippen LogP contribution in [0.2, 0.25) is 0 Å². The molecular formula is C6H6IN2+. The normalized spacial score (nSPS) is 16.7. The lowest BCUT2D eigenvalue weighted by atomic mass is 10.4. The third kappa shape index (κ3) is 1.77. The lowest BCUT2D eigenvalue weighted by Crippen LogP contribution is -1.97. The molecule has 0 aromatic heterocycles. The molecule has 0 atom stereocenters. The maximum atomic E-state index is 3.82. The molecule has 0 radical (unpaired) electrons. The van der Waals surface area contributed by atoms with Crippen molar-refractivity contribution in [1.82, 2.24) is 0 Å². The van der Waals surface area contributed by atoms with E-state index in [1.54, 1.807) is 6.20 Å². The van der Waals surface area contributed by atoms with Gasteiger partial charge in [-0.2, -0.15) is 0 Å². The predicted octanol–water partition coefficient (Wildman–Crippen LogP) is 1.52. The first-order valence-corrected chi connectivity index (χ1v) is 3.51. The zero-order valence-corrected chi connectivity index (χ0v) is 7.16. The van der Waals surface area contributed by atoms with E-state index >= 15 is 0 Å². The Morgan fingerprint density at radius 2 is 2.56 bits per heavy atom. The molecule has 46 valence electrons. The summed E-state index contributed by atoms with van der Waals surface area (Å²) in [6.07, 6.45) is 5.43. The van der Waals surface area contributed by atoms with E-state index in [9.17, 15) is 0 Å². The van der Waals surface area contributed by atoms with Gasteiger partial charge in [-0.05, 0) is 5.87 Å². The average Bonchev–Trinajstić information content (AvgIpc) is 1.99. The van der Waals surface area contributed by atoms with Crippen molar-refractivity contribution in [3.63, 3.8) is 0 Å². The van der Waals surface area contributed by atoms with Crippen LogP contribution in [0.5, 0.6) is 0 Å². The molecule has 1 rings (SSSR count). The maximum absolute atomic E-state index is 3.82. The zero-order valence-electron chi connectivity index (χ0n) is 5.00. The second kappa shape index (κ2) is 2.94. The van der Waals surface area contributed by atoms with E-state index in [0.29, 0.717) is 0 Å². The summed E-state index contributed by atoms with van der Waals surface area (Å²) in [5, 5.41) is 0. The van der Waals surface area contributed by atoms with Crippen molar-refractivity contribution in [3.8, 4) is 0 Å². The maximum Gasteiger partial charge on any atom is 0.354 e. The number of aliphatic imine (C=N–C) groups is 1. The first-order chi connectivity index (χ1) is 4.30. The zero-order chi connectivity index (χ0) is 6.69. The predicted molar refractivity (Wildman–Crippen MR) is 46.1 cm³/mol. The van der Waals surface area contributed by atoms with Crippen LogP contribution < -0.4 is 0 Å². The van der Waals surface area contributed by atoms with Gasteiger partial charge in [-0.15, -0.1) is 2.79 Å². The van der Waals surface area contributed by atoms with E-state index < -0.39 is 0 Å². The Hall–Kier alpha value is -0.410. The molecule has 3 heteroatoms. The Morgan fingerprint density at radius 3 is 3.33 bits per heavy atom. The van der Waals surface area contributed by atoms with E-state index in [0.717, 1.165) is 5.71 Å². The number of halogens is 1. The molecule has 0 spiro atoms. The molecule has 0 amide bonds. The summed E-state index contributed by atoms with van der Waals surface area (Å²) in [7, 11) is 0. The first kappa shape index (κ1) is 6.71. The van der Waals surface area contributed by atoms with Gasteiger partial charge in [-0.3, -0.25) is 0 Å². The van der Waals surface area contributed by atoms with Crippen LogP contribution in [0.4, 0.5) is 0 Å². The lowest BCUT2D eigenvalue weighted by molar-refractivity contribution is -0.200. The highest BCUT2D eigenvalue weighted by atomic mass is 127. The van der Waals surface area contributed by atoms with Gasteiger partial charge in [0.25, 0.3) is 0 Å². The standard InChI is InChI=1S/C6H6IN2/c1-6-2-3-8-4-5-9(6)7/h2,4-5H,1H3/q+1. The molecule has 0 unspecified atom stereocenters. The molecule has 0 saturated heterocycles. The first-order valence-electron chi connectivity index (χ1n) is 2.54. The molecule has 0 saturated carbocycles. The molecule has 1 heterocycles. The number of hydrogen-bond donors (Lipinski definition) is 0. The summed E-state index contributed by atoms with van der Waals surface area (Å²) >= 11 is 2.19. The lowest BCUT2D eigenvalue weighted by Gasteiger charge is -1.80. The monoisotopic (exact) mass is 233 g/mol. The van der Waals surface area contributed by atoms with Crippen molar-refractivity contribution >= 4 is 34.4 Å². The summed E-state index contributed by atoms with van der Waals surface area (Å²) < 4.78 is 1.96. The highest BCUT2D eigenvalue weighted by molar-refractivity contribution is 14.1. The second-order valence-corrected chi connectivity index (χ2v) is 2.69.